The zero-order valence-electron chi connectivity index (χ0n) is 11.3. The van der Waals surface area contributed by atoms with E-state index in [1.54, 1.807) is 24.3 Å². The highest BCUT2D eigenvalue weighted by Crippen LogP contribution is 2.33. The van der Waals surface area contributed by atoms with Gasteiger partial charge in [-0.15, -0.1) is 0 Å². The fraction of sp³-hybridized carbons (Fsp3) is 0.200. The van der Waals surface area contributed by atoms with Crippen molar-refractivity contribution in [3.8, 4) is 11.6 Å². The average molecular weight is 326 g/mol. The van der Waals surface area contributed by atoms with Crippen molar-refractivity contribution in [2.75, 3.05) is 13.2 Å². The molecule has 2 aromatic rings. The first-order valence-electron chi connectivity index (χ1n) is 6.22. The van der Waals surface area contributed by atoms with Crippen molar-refractivity contribution >= 4 is 29.5 Å². The molecule has 110 valence electrons. The van der Waals surface area contributed by atoms with Gasteiger partial charge in [0.1, 0.15) is 13.2 Å². The average Bonchev–Trinajstić information content (AvgIpc) is 2.46. The number of carbonyl (C=O) groups is 1. The molecule has 1 heterocycles. The Bertz CT molecular complexity index is 606. The van der Waals surface area contributed by atoms with Crippen LogP contribution in [0.25, 0.3) is 0 Å². The van der Waals surface area contributed by atoms with E-state index in [4.69, 9.17) is 32.7 Å². The number of nitrogens with zero attached hydrogens (tertiary/aromatic N) is 1. The van der Waals surface area contributed by atoms with Gasteiger partial charge in [-0.3, -0.25) is 4.79 Å². The number of carbonyl (C=O) groups excluding carboxylic acids is 1. The molecule has 4 nitrogen and oxygen atoms in total. The Labute approximate surface area is 132 Å². The number of aromatic nitrogens is 1. The third kappa shape index (κ3) is 4.34. The van der Waals surface area contributed by atoms with Crippen LogP contribution in [0.3, 0.4) is 0 Å². The van der Waals surface area contributed by atoms with Crippen LogP contribution in [0.15, 0.2) is 30.5 Å². The molecule has 0 atom stereocenters. The Hall–Kier alpha value is -1.78. The lowest BCUT2D eigenvalue weighted by molar-refractivity contribution is 0.112. The van der Waals surface area contributed by atoms with Gasteiger partial charge in [0, 0.05) is 17.8 Å². The van der Waals surface area contributed by atoms with E-state index in [1.165, 1.54) is 6.20 Å². The van der Waals surface area contributed by atoms with Gasteiger partial charge in [-0.05, 0) is 30.7 Å². The van der Waals surface area contributed by atoms with Gasteiger partial charge in [-0.1, -0.05) is 23.2 Å². The minimum atomic E-state index is 0.277. The van der Waals surface area contributed by atoms with Gasteiger partial charge < -0.3 is 9.47 Å². The molecule has 0 fully saturated rings. The number of aryl methyl sites for hydroxylation is 1. The van der Waals surface area contributed by atoms with Gasteiger partial charge in [-0.25, -0.2) is 4.98 Å². The molecule has 0 unspecified atom stereocenters. The van der Waals surface area contributed by atoms with Crippen LogP contribution >= 0.6 is 23.2 Å². The van der Waals surface area contributed by atoms with E-state index >= 15 is 0 Å². The number of benzene rings is 1. The van der Waals surface area contributed by atoms with Crippen LogP contribution in [-0.4, -0.2) is 24.5 Å². The molecule has 6 heteroatoms. The predicted molar refractivity (Wildman–Crippen MR) is 81.8 cm³/mol. The van der Waals surface area contributed by atoms with Gasteiger partial charge in [0.2, 0.25) is 5.88 Å². The summed E-state index contributed by atoms with van der Waals surface area (Å²) in [6, 6.07) is 6.81. The topological polar surface area (TPSA) is 48.4 Å². The lowest BCUT2D eigenvalue weighted by Gasteiger charge is -2.11. The first kappa shape index (κ1) is 15.6. The van der Waals surface area contributed by atoms with Crippen molar-refractivity contribution in [2.24, 2.45) is 0 Å². The molecule has 0 bridgehead atoms. The van der Waals surface area contributed by atoms with E-state index in [1.807, 2.05) is 6.92 Å². The maximum absolute atomic E-state index is 10.5. The number of aldehydes is 1. The normalized spacial score (nSPS) is 10.2. The summed E-state index contributed by atoms with van der Waals surface area (Å²) < 4.78 is 10.9. The van der Waals surface area contributed by atoms with E-state index in [2.05, 4.69) is 4.98 Å². The summed E-state index contributed by atoms with van der Waals surface area (Å²) in [4.78, 5) is 14.5. The number of hydrogen-bond donors (Lipinski definition) is 0. The summed E-state index contributed by atoms with van der Waals surface area (Å²) in [6.45, 7) is 2.47. The first-order valence-corrected chi connectivity index (χ1v) is 6.98. The lowest BCUT2D eigenvalue weighted by Crippen LogP contribution is -2.10. The van der Waals surface area contributed by atoms with E-state index < -0.39 is 0 Å². The molecule has 1 aromatic heterocycles. The number of ether oxygens (including phenoxy) is 2. The molecule has 0 saturated heterocycles. The second kappa shape index (κ2) is 7.29. The van der Waals surface area contributed by atoms with Gasteiger partial charge in [0.25, 0.3) is 0 Å². The number of pyridine rings is 1. The van der Waals surface area contributed by atoms with Crippen LogP contribution in [-0.2, 0) is 0 Å². The lowest BCUT2D eigenvalue weighted by atomic mass is 10.2. The third-order valence-corrected chi connectivity index (χ3v) is 3.18. The zero-order chi connectivity index (χ0) is 15.2. The standard InChI is InChI=1S/C15H13Cl2NO3/c1-10-6-12(16)15(13(17)7-10)21-5-4-20-14-3-2-11(9-19)8-18-14/h2-3,6-9H,4-5H2,1H3. The van der Waals surface area contributed by atoms with Crippen molar-refractivity contribution in [2.45, 2.75) is 6.92 Å². The predicted octanol–water partition coefficient (Wildman–Crippen LogP) is 3.97. The van der Waals surface area contributed by atoms with E-state index in [-0.39, 0.29) is 13.2 Å². The minimum Gasteiger partial charge on any atom is -0.487 e. The highest BCUT2D eigenvalue weighted by molar-refractivity contribution is 6.37. The molecule has 2 rings (SSSR count). The van der Waals surface area contributed by atoms with E-state index in [0.29, 0.717) is 27.2 Å². The van der Waals surface area contributed by atoms with Crippen LogP contribution in [0.4, 0.5) is 0 Å². The quantitative estimate of drug-likeness (QED) is 0.595. The Morgan fingerprint density at radius 1 is 1.14 bits per heavy atom. The Morgan fingerprint density at radius 2 is 1.81 bits per heavy atom. The third-order valence-electron chi connectivity index (χ3n) is 2.62. The molecule has 21 heavy (non-hydrogen) atoms. The van der Waals surface area contributed by atoms with Crippen molar-refractivity contribution in [3.63, 3.8) is 0 Å². The molecule has 0 amide bonds. The van der Waals surface area contributed by atoms with E-state index in [0.717, 1.165) is 11.8 Å². The largest absolute Gasteiger partial charge is 0.487 e. The number of rotatable bonds is 6. The van der Waals surface area contributed by atoms with Gasteiger partial charge >= 0.3 is 0 Å². The molecule has 0 N–H and O–H groups in total. The molecular weight excluding hydrogens is 313 g/mol. The zero-order valence-corrected chi connectivity index (χ0v) is 12.8. The highest BCUT2D eigenvalue weighted by atomic mass is 35.5. The molecule has 0 radical (unpaired) electrons. The van der Waals surface area contributed by atoms with Crippen LogP contribution in [0.1, 0.15) is 15.9 Å². The smallest absolute Gasteiger partial charge is 0.213 e. The molecule has 1 aromatic carbocycles. The van der Waals surface area contributed by atoms with Crippen LogP contribution in [0, 0.1) is 6.92 Å². The molecule has 0 aliphatic rings. The summed E-state index contributed by atoms with van der Waals surface area (Å²) >= 11 is 12.1. The van der Waals surface area contributed by atoms with Gasteiger partial charge in [-0.2, -0.15) is 0 Å². The maximum Gasteiger partial charge on any atom is 0.213 e. The number of hydrogen-bond acceptors (Lipinski definition) is 4. The van der Waals surface area contributed by atoms with Crippen LogP contribution < -0.4 is 9.47 Å². The first-order chi connectivity index (χ1) is 10.1. The van der Waals surface area contributed by atoms with Gasteiger partial charge in [0.15, 0.2) is 12.0 Å². The number of halogens is 2. The Morgan fingerprint density at radius 3 is 2.38 bits per heavy atom. The second-order valence-corrected chi connectivity index (χ2v) is 5.12. The van der Waals surface area contributed by atoms with E-state index in [9.17, 15) is 4.79 Å². The fourth-order valence-corrected chi connectivity index (χ4v) is 2.37. The Balaban J connectivity index is 1.85. The molecular formula is C15H13Cl2NO3. The van der Waals surface area contributed by atoms with Crippen LogP contribution in [0.2, 0.25) is 10.0 Å². The summed E-state index contributed by atoms with van der Waals surface area (Å²) in [6.07, 6.45) is 2.16. The highest BCUT2D eigenvalue weighted by Gasteiger charge is 2.08. The summed E-state index contributed by atoms with van der Waals surface area (Å²) in [5.74, 6) is 0.863. The molecule has 0 spiro atoms. The summed E-state index contributed by atoms with van der Waals surface area (Å²) in [7, 11) is 0. The SMILES string of the molecule is Cc1cc(Cl)c(OCCOc2ccc(C=O)cn2)c(Cl)c1. The summed E-state index contributed by atoms with van der Waals surface area (Å²) in [5, 5.41) is 0.932. The van der Waals surface area contributed by atoms with Crippen molar-refractivity contribution in [3.05, 3.63) is 51.6 Å². The Kier molecular flexibility index (Phi) is 5.42. The van der Waals surface area contributed by atoms with Gasteiger partial charge in [0.05, 0.1) is 10.0 Å². The van der Waals surface area contributed by atoms with Crippen molar-refractivity contribution < 1.29 is 14.3 Å². The summed E-state index contributed by atoms with van der Waals surface area (Å²) in [5.41, 5.74) is 1.46. The molecule has 0 aliphatic carbocycles. The van der Waals surface area contributed by atoms with Crippen molar-refractivity contribution in [1.82, 2.24) is 4.98 Å². The van der Waals surface area contributed by atoms with Crippen LogP contribution in [0.5, 0.6) is 11.6 Å². The van der Waals surface area contributed by atoms with Crippen molar-refractivity contribution in [1.29, 1.82) is 0 Å². The second-order valence-electron chi connectivity index (χ2n) is 4.30. The fourth-order valence-electron chi connectivity index (χ4n) is 1.66. The monoisotopic (exact) mass is 325 g/mol. The molecule has 0 aliphatic heterocycles. The maximum atomic E-state index is 10.5. The molecule has 0 saturated carbocycles. The minimum absolute atomic E-state index is 0.277.